The van der Waals surface area contributed by atoms with Crippen LogP contribution in [0.1, 0.15) is 38.8 Å². The van der Waals surface area contributed by atoms with Crippen LogP contribution in [0.15, 0.2) is 18.2 Å². The zero-order chi connectivity index (χ0) is 12.3. The van der Waals surface area contributed by atoms with E-state index in [-0.39, 0.29) is 11.2 Å². The Morgan fingerprint density at radius 2 is 1.94 bits per heavy atom. The summed E-state index contributed by atoms with van der Waals surface area (Å²) in [6, 6.07) is 5.81. The van der Waals surface area contributed by atoms with Crippen molar-refractivity contribution in [1.82, 2.24) is 5.32 Å². The summed E-state index contributed by atoms with van der Waals surface area (Å²) in [4.78, 5) is 0. The standard InChI is InChI=1S/C14H22FN/c1-10-6-7-12(8-13(10)15)9-16-11(2)14(3,4)5/h6-8,11,16H,9H2,1-5H3. The van der Waals surface area contributed by atoms with Crippen molar-refractivity contribution in [2.75, 3.05) is 0 Å². The predicted molar refractivity (Wildman–Crippen MR) is 66.9 cm³/mol. The first-order chi connectivity index (χ1) is 7.30. The lowest BCUT2D eigenvalue weighted by Gasteiger charge is -2.28. The van der Waals surface area contributed by atoms with Gasteiger partial charge >= 0.3 is 0 Å². The summed E-state index contributed by atoms with van der Waals surface area (Å²) < 4.78 is 13.3. The average Bonchev–Trinajstić information content (AvgIpc) is 2.18. The molecule has 0 saturated carbocycles. The van der Waals surface area contributed by atoms with E-state index in [1.165, 1.54) is 0 Å². The van der Waals surface area contributed by atoms with Crippen LogP contribution in [0.2, 0.25) is 0 Å². The normalized spacial score (nSPS) is 13.9. The van der Waals surface area contributed by atoms with Gasteiger partial charge in [0.05, 0.1) is 0 Å². The highest BCUT2D eigenvalue weighted by Gasteiger charge is 2.18. The number of nitrogens with one attached hydrogen (secondary N) is 1. The lowest BCUT2D eigenvalue weighted by atomic mass is 9.88. The zero-order valence-electron chi connectivity index (χ0n) is 10.9. The van der Waals surface area contributed by atoms with Crippen LogP contribution in [0.4, 0.5) is 4.39 Å². The molecule has 2 heteroatoms. The summed E-state index contributed by atoms with van der Waals surface area (Å²) in [5.74, 6) is -0.122. The second kappa shape index (κ2) is 4.96. The fraction of sp³-hybridized carbons (Fsp3) is 0.571. The van der Waals surface area contributed by atoms with Gasteiger partial charge in [-0.05, 0) is 36.5 Å². The molecule has 1 aromatic carbocycles. The Labute approximate surface area is 98.1 Å². The van der Waals surface area contributed by atoms with Crippen molar-refractivity contribution < 1.29 is 4.39 Å². The molecule has 0 aliphatic carbocycles. The summed E-state index contributed by atoms with van der Waals surface area (Å²) in [6.45, 7) is 11.2. The Bertz CT molecular complexity index is 352. The molecule has 0 aliphatic heterocycles. The first kappa shape index (κ1) is 13.2. The molecular formula is C14H22FN. The third kappa shape index (κ3) is 3.60. The minimum atomic E-state index is -0.122. The molecule has 0 heterocycles. The molecule has 1 N–H and O–H groups in total. The first-order valence-electron chi connectivity index (χ1n) is 5.79. The quantitative estimate of drug-likeness (QED) is 0.824. The molecule has 0 radical (unpaired) electrons. The second-order valence-electron chi connectivity index (χ2n) is 5.55. The number of rotatable bonds is 3. The fourth-order valence-corrected chi connectivity index (χ4v) is 1.32. The molecule has 0 amide bonds. The highest BCUT2D eigenvalue weighted by molar-refractivity contribution is 5.23. The van der Waals surface area contributed by atoms with Crippen molar-refractivity contribution in [2.45, 2.75) is 47.2 Å². The molecule has 0 aromatic heterocycles. The van der Waals surface area contributed by atoms with Crippen molar-refractivity contribution >= 4 is 0 Å². The number of halogens is 1. The maximum Gasteiger partial charge on any atom is 0.126 e. The Morgan fingerprint density at radius 3 is 2.44 bits per heavy atom. The Balaban J connectivity index is 2.58. The van der Waals surface area contributed by atoms with Gasteiger partial charge in [0.15, 0.2) is 0 Å². The van der Waals surface area contributed by atoms with Crippen LogP contribution < -0.4 is 5.32 Å². The molecule has 0 aliphatic rings. The monoisotopic (exact) mass is 223 g/mol. The maximum absolute atomic E-state index is 13.3. The second-order valence-corrected chi connectivity index (χ2v) is 5.55. The minimum absolute atomic E-state index is 0.122. The van der Waals surface area contributed by atoms with Crippen LogP contribution in [0.3, 0.4) is 0 Å². The van der Waals surface area contributed by atoms with E-state index < -0.39 is 0 Å². The molecule has 1 atom stereocenters. The molecule has 1 unspecified atom stereocenters. The van der Waals surface area contributed by atoms with Gasteiger partial charge in [0.25, 0.3) is 0 Å². The molecule has 0 fully saturated rings. The minimum Gasteiger partial charge on any atom is -0.310 e. The first-order valence-corrected chi connectivity index (χ1v) is 5.79. The molecule has 1 aromatic rings. The van der Waals surface area contributed by atoms with E-state index >= 15 is 0 Å². The van der Waals surface area contributed by atoms with Gasteiger partial charge in [-0.25, -0.2) is 4.39 Å². The number of hydrogen-bond donors (Lipinski definition) is 1. The fourth-order valence-electron chi connectivity index (χ4n) is 1.32. The van der Waals surface area contributed by atoms with Gasteiger partial charge in [0, 0.05) is 12.6 Å². The van der Waals surface area contributed by atoms with Gasteiger partial charge in [-0.1, -0.05) is 32.9 Å². The average molecular weight is 223 g/mol. The Hall–Kier alpha value is -0.890. The van der Waals surface area contributed by atoms with Crippen molar-refractivity contribution in [2.24, 2.45) is 5.41 Å². The summed E-state index contributed by atoms with van der Waals surface area (Å²) in [5.41, 5.74) is 1.93. The SMILES string of the molecule is Cc1ccc(CNC(C)C(C)(C)C)cc1F. The van der Waals surface area contributed by atoms with Gasteiger partial charge in [-0.2, -0.15) is 0 Å². The van der Waals surface area contributed by atoms with E-state index in [9.17, 15) is 4.39 Å². The van der Waals surface area contributed by atoms with Crippen molar-refractivity contribution in [1.29, 1.82) is 0 Å². The predicted octanol–water partition coefficient (Wildman–Crippen LogP) is 3.66. The molecule has 0 saturated heterocycles. The van der Waals surface area contributed by atoms with E-state index in [1.807, 2.05) is 12.1 Å². The number of benzene rings is 1. The zero-order valence-corrected chi connectivity index (χ0v) is 10.9. The lowest BCUT2D eigenvalue weighted by Crippen LogP contribution is -2.37. The van der Waals surface area contributed by atoms with Crippen LogP contribution in [-0.2, 0) is 6.54 Å². The van der Waals surface area contributed by atoms with E-state index in [1.54, 1.807) is 13.0 Å². The molecule has 16 heavy (non-hydrogen) atoms. The summed E-state index contributed by atoms with van der Waals surface area (Å²) in [7, 11) is 0. The van der Waals surface area contributed by atoms with Crippen LogP contribution >= 0.6 is 0 Å². The topological polar surface area (TPSA) is 12.0 Å². The third-order valence-electron chi connectivity index (χ3n) is 3.15. The van der Waals surface area contributed by atoms with Crippen LogP contribution in [0.25, 0.3) is 0 Å². The van der Waals surface area contributed by atoms with Crippen molar-refractivity contribution in [3.05, 3.63) is 35.1 Å². The van der Waals surface area contributed by atoms with E-state index in [0.717, 1.165) is 12.1 Å². The van der Waals surface area contributed by atoms with Crippen molar-refractivity contribution in [3.8, 4) is 0 Å². The molecule has 1 rings (SSSR count). The summed E-state index contributed by atoms with van der Waals surface area (Å²) in [5, 5.41) is 3.42. The van der Waals surface area contributed by atoms with Gasteiger partial charge in [0.2, 0.25) is 0 Å². The van der Waals surface area contributed by atoms with E-state index in [4.69, 9.17) is 0 Å². The van der Waals surface area contributed by atoms with Gasteiger partial charge in [-0.15, -0.1) is 0 Å². The van der Waals surface area contributed by atoms with Crippen LogP contribution in [-0.4, -0.2) is 6.04 Å². The highest BCUT2D eigenvalue weighted by Crippen LogP contribution is 2.19. The smallest absolute Gasteiger partial charge is 0.126 e. The maximum atomic E-state index is 13.3. The molecule has 1 nitrogen and oxygen atoms in total. The number of hydrogen-bond acceptors (Lipinski definition) is 1. The lowest BCUT2D eigenvalue weighted by molar-refractivity contribution is 0.285. The molecular weight excluding hydrogens is 201 g/mol. The summed E-state index contributed by atoms with van der Waals surface area (Å²) >= 11 is 0. The largest absolute Gasteiger partial charge is 0.310 e. The third-order valence-corrected chi connectivity index (χ3v) is 3.15. The van der Waals surface area contributed by atoms with E-state index in [0.29, 0.717) is 11.6 Å². The number of aryl methyl sites for hydroxylation is 1. The Morgan fingerprint density at radius 1 is 1.31 bits per heavy atom. The molecule has 0 bridgehead atoms. The van der Waals surface area contributed by atoms with Gasteiger partial charge in [0.1, 0.15) is 5.82 Å². The molecule has 0 spiro atoms. The van der Waals surface area contributed by atoms with Gasteiger partial charge < -0.3 is 5.32 Å². The summed E-state index contributed by atoms with van der Waals surface area (Å²) in [6.07, 6.45) is 0. The van der Waals surface area contributed by atoms with Crippen molar-refractivity contribution in [3.63, 3.8) is 0 Å². The van der Waals surface area contributed by atoms with Crippen LogP contribution in [0.5, 0.6) is 0 Å². The Kier molecular flexibility index (Phi) is 4.09. The van der Waals surface area contributed by atoms with E-state index in [2.05, 4.69) is 33.0 Å². The highest BCUT2D eigenvalue weighted by atomic mass is 19.1. The van der Waals surface area contributed by atoms with Crippen LogP contribution in [0, 0.1) is 18.2 Å². The van der Waals surface area contributed by atoms with Gasteiger partial charge in [-0.3, -0.25) is 0 Å². The molecule has 90 valence electrons.